The van der Waals surface area contributed by atoms with Crippen LogP contribution in [0.1, 0.15) is 17.0 Å². The van der Waals surface area contributed by atoms with E-state index in [1.807, 2.05) is 44.2 Å². The number of nitrogens with zero attached hydrogens (tertiary/aromatic N) is 1. The van der Waals surface area contributed by atoms with Crippen molar-refractivity contribution < 1.29 is 9.90 Å². The summed E-state index contributed by atoms with van der Waals surface area (Å²) in [5.41, 5.74) is 4.04. The Morgan fingerprint density at radius 3 is 2.63 bits per heavy atom. The van der Waals surface area contributed by atoms with Gasteiger partial charge in [-0.1, -0.05) is 12.1 Å². The van der Waals surface area contributed by atoms with Crippen LogP contribution in [0.3, 0.4) is 0 Å². The van der Waals surface area contributed by atoms with E-state index in [2.05, 4.69) is 20.5 Å². The summed E-state index contributed by atoms with van der Waals surface area (Å²) >= 11 is 3.54. The Kier molecular flexibility index (Phi) is 3.90. The fourth-order valence-corrected chi connectivity index (χ4v) is 2.58. The average molecular weight is 320 g/mol. The topological polar surface area (TPSA) is 42.2 Å². The smallest absolute Gasteiger partial charge is 0.328 e. The number of hydrogen-bond acceptors (Lipinski definition) is 1. The number of aryl methyl sites for hydroxylation is 1. The lowest BCUT2D eigenvalue weighted by Gasteiger charge is -2.11. The summed E-state index contributed by atoms with van der Waals surface area (Å²) < 4.78 is 3.11. The van der Waals surface area contributed by atoms with Crippen LogP contribution in [0, 0.1) is 13.8 Å². The maximum absolute atomic E-state index is 10.6. The van der Waals surface area contributed by atoms with Crippen molar-refractivity contribution in [1.82, 2.24) is 4.57 Å². The van der Waals surface area contributed by atoms with Gasteiger partial charge in [0.2, 0.25) is 0 Å². The van der Waals surface area contributed by atoms with E-state index in [-0.39, 0.29) is 0 Å². The van der Waals surface area contributed by atoms with E-state index >= 15 is 0 Å². The lowest BCUT2D eigenvalue weighted by Crippen LogP contribution is -1.99. The standard InChI is InChI=1S/C15H14BrNO2/c1-10-9-12(7-8-15(18)19)11(2)17(10)14-6-4-3-5-13(14)16/h3-9H,1-2H3,(H,18,19)/b8-7+. The Bertz CT molecular complexity index is 656. The summed E-state index contributed by atoms with van der Waals surface area (Å²) in [5.74, 6) is -0.939. The molecule has 0 saturated carbocycles. The van der Waals surface area contributed by atoms with Crippen molar-refractivity contribution in [3.8, 4) is 5.69 Å². The second kappa shape index (κ2) is 5.45. The number of carbonyl (C=O) groups is 1. The van der Waals surface area contributed by atoms with Gasteiger partial charge >= 0.3 is 5.97 Å². The van der Waals surface area contributed by atoms with Crippen LogP contribution >= 0.6 is 15.9 Å². The van der Waals surface area contributed by atoms with E-state index < -0.39 is 5.97 Å². The summed E-state index contributed by atoms with van der Waals surface area (Å²) in [6, 6.07) is 9.93. The number of hydrogen-bond donors (Lipinski definition) is 1. The van der Waals surface area contributed by atoms with Crippen molar-refractivity contribution >= 4 is 28.0 Å². The molecule has 0 aliphatic heterocycles. The molecule has 1 N–H and O–H groups in total. The van der Waals surface area contributed by atoms with Gasteiger partial charge in [-0.2, -0.15) is 0 Å². The van der Waals surface area contributed by atoms with E-state index in [1.54, 1.807) is 6.08 Å². The van der Waals surface area contributed by atoms with E-state index in [1.165, 1.54) is 0 Å². The molecule has 98 valence electrons. The van der Waals surface area contributed by atoms with Gasteiger partial charge in [0.05, 0.1) is 5.69 Å². The molecule has 4 heteroatoms. The molecule has 0 amide bonds. The lowest BCUT2D eigenvalue weighted by molar-refractivity contribution is -0.131. The van der Waals surface area contributed by atoms with Gasteiger partial charge < -0.3 is 9.67 Å². The van der Waals surface area contributed by atoms with Gasteiger partial charge in [0.15, 0.2) is 0 Å². The molecule has 19 heavy (non-hydrogen) atoms. The zero-order chi connectivity index (χ0) is 14.0. The van der Waals surface area contributed by atoms with Gasteiger partial charge in [0, 0.05) is 21.9 Å². The van der Waals surface area contributed by atoms with Crippen LogP contribution in [0.25, 0.3) is 11.8 Å². The zero-order valence-electron chi connectivity index (χ0n) is 10.7. The van der Waals surface area contributed by atoms with E-state index in [0.29, 0.717) is 0 Å². The summed E-state index contributed by atoms with van der Waals surface area (Å²) in [6.07, 6.45) is 2.78. The van der Waals surface area contributed by atoms with Crippen molar-refractivity contribution in [3.63, 3.8) is 0 Å². The summed E-state index contributed by atoms with van der Waals surface area (Å²) in [5, 5.41) is 8.70. The monoisotopic (exact) mass is 319 g/mol. The van der Waals surface area contributed by atoms with Crippen LogP contribution in [0.2, 0.25) is 0 Å². The molecular weight excluding hydrogens is 306 g/mol. The van der Waals surface area contributed by atoms with Crippen molar-refractivity contribution in [2.45, 2.75) is 13.8 Å². The minimum atomic E-state index is -0.939. The molecule has 0 saturated heterocycles. The maximum Gasteiger partial charge on any atom is 0.328 e. The first-order valence-corrected chi connectivity index (χ1v) is 6.65. The molecule has 3 nitrogen and oxygen atoms in total. The Hall–Kier alpha value is -1.81. The average Bonchev–Trinajstić information content (AvgIpc) is 2.63. The predicted molar refractivity (Wildman–Crippen MR) is 79.6 cm³/mol. The molecule has 0 bridgehead atoms. The highest BCUT2D eigenvalue weighted by molar-refractivity contribution is 9.10. The first-order valence-electron chi connectivity index (χ1n) is 5.85. The van der Waals surface area contributed by atoms with Crippen LogP contribution in [0.15, 0.2) is 40.9 Å². The van der Waals surface area contributed by atoms with Gasteiger partial charge in [0.1, 0.15) is 0 Å². The SMILES string of the molecule is Cc1cc(/C=C/C(=O)O)c(C)n1-c1ccccc1Br. The van der Waals surface area contributed by atoms with Gasteiger partial charge in [-0.3, -0.25) is 0 Å². The third-order valence-electron chi connectivity index (χ3n) is 2.97. The van der Waals surface area contributed by atoms with Gasteiger partial charge in [-0.15, -0.1) is 0 Å². The van der Waals surface area contributed by atoms with Crippen LogP contribution in [0.5, 0.6) is 0 Å². The Balaban J connectivity index is 2.54. The molecule has 0 fully saturated rings. The highest BCUT2D eigenvalue weighted by Gasteiger charge is 2.10. The molecule has 2 aromatic rings. The maximum atomic E-state index is 10.6. The number of carboxylic acid groups (broad SMARTS) is 1. The Morgan fingerprint density at radius 2 is 2.00 bits per heavy atom. The number of rotatable bonds is 3. The summed E-state index contributed by atoms with van der Waals surface area (Å²) in [6.45, 7) is 3.98. The van der Waals surface area contributed by atoms with Crippen LogP contribution in [-0.2, 0) is 4.79 Å². The van der Waals surface area contributed by atoms with Crippen molar-refractivity contribution in [2.75, 3.05) is 0 Å². The van der Waals surface area contributed by atoms with Gasteiger partial charge in [0.25, 0.3) is 0 Å². The molecule has 1 heterocycles. The number of aliphatic carboxylic acids is 1. The summed E-state index contributed by atoms with van der Waals surface area (Å²) in [4.78, 5) is 10.6. The molecule has 1 aromatic carbocycles. The third-order valence-corrected chi connectivity index (χ3v) is 3.64. The van der Waals surface area contributed by atoms with Gasteiger partial charge in [-0.05, 0) is 59.6 Å². The molecule has 0 aliphatic carbocycles. The van der Waals surface area contributed by atoms with Gasteiger partial charge in [-0.25, -0.2) is 4.79 Å². The van der Waals surface area contributed by atoms with Crippen molar-refractivity contribution in [3.05, 3.63) is 57.8 Å². The molecular formula is C15H14BrNO2. The largest absolute Gasteiger partial charge is 0.478 e. The number of aromatic nitrogens is 1. The lowest BCUT2D eigenvalue weighted by atomic mass is 10.2. The second-order valence-corrected chi connectivity index (χ2v) is 5.14. The highest BCUT2D eigenvalue weighted by Crippen LogP contribution is 2.27. The number of carboxylic acids is 1. The number of benzene rings is 1. The molecule has 0 radical (unpaired) electrons. The fourth-order valence-electron chi connectivity index (χ4n) is 2.12. The normalized spacial score (nSPS) is 11.1. The quantitative estimate of drug-likeness (QED) is 0.870. The summed E-state index contributed by atoms with van der Waals surface area (Å²) in [7, 11) is 0. The highest BCUT2D eigenvalue weighted by atomic mass is 79.9. The minimum Gasteiger partial charge on any atom is -0.478 e. The first-order chi connectivity index (χ1) is 9.00. The van der Waals surface area contributed by atoms with E-state index in [0.717, 1.165) is 33.2 Å². The number of para-hydroxylation sites is 1. The fraction of sp³-hybridized carbons (Fsp3) is 0.133. The molecule has 0 aliphatic rings. The Morgan fingerprint density at radius 1 is 1.32 bits per heavy atom. The molecule has 0 unspecified atom stereocenters. The Labute approximate surface area is 120 Å². The van der Waals surface area contributed by atoms with E-state index in [4.69, 9.17) is 5.11 Å². The first kappa shape index (κ1) is 13.6. The predicted octanol–water partition coefficient (Wildman–Crippen LogP) is 3.95. The molecule has 0 atom stereocenters. The molecule has 2 rings (SSSR count). The van der Waals surface area contributed by atoms with Crippen LogP contribution in [-0.4, -0.2) is 15.6 Å². The zero-order valence-corrected chi connectivity index (χ0v) is 12.3. The minimum absolute atomic E-state index is 0.913. The van der Waals surface area contributed by atoms with Crippen molar-refractivity contribution in [2.24, 2.45) is 0 Å². The molecule has 1 aromatic heterocycles. The van der Waals surface area contributed by atoms with E-state index in [9.17, 15) is 4.79 Å². The number of halogens is 1. The van der Waals surface area contributed by atoms with Crippen LogP contribution < -0.4 is 0 Å². The molecule has 0 spiro atoms. The second-order valence-electron chi connectivity index (χ2n) is 4.28. The van der Waals surface area contributed by atoms with Crippen LogP contribution in [0.4, 0.5) is 0 Å². The third kappa shape index (κ3) is 2.79. The van der Waals surface area contributed by atoms with Crippen molar-refractivity contribution in [1.29, 1.82) is 0 Å².